The van der Waals surface area contributed by atoms with Gasteiger partial charge in [-0.3, -0.25) is 0 Å². The second-order valence-corrected chi connectivity index (χ2v) is 7.28. The van der Waals surface area contributed by atoms with Gasteiger partial charge in [-0.1, -0.05) is 13.3 Å². The summed E-state index contributed by atoms with van der Waals surface area (Å²) in [7, 11) is 2.25. The highest BCUT2D eigenvalue weighted by Gasteiger charge is 2.40. The molecule has 2 saturated carbocycles. The van der Waals surface area contributed by atoms with Crippen LogP contribution in [0.25, 0.3) is 0 Å². The highest BCUT2D eigenvalue weighted by molar-refractivity contribution is 4.95. The standard InChI is InChI=1S/C15H28N2/c1-15(5-7-17(2)8-6-15)11-16-14-10-12-3-4-13(14)9-12/h12-14,16H,3-11H2,1-2H3. The molecule has 1 saturated heterocycles. The summed E-state index contributed by atoms with van der Waals surface area (Å²) in [6.07, 6.45) is 8.76. The molecule has 0 aromatic carbocycles. The summed E-state index contributed by atoms with van der Waals surface area (Å²) in [5, 5.41) is 3.92. The lowest BCUT2D eigenvalue weighted by atomic mass is 9.80. The largest absolute Gasteiger partial charge is 0.313 e. The van der Waals surface area contributed by atoms with Crippen LogP contribution in [0.5, 0.6) is 0 Å². The number of likely N-dealkylation sites (tertiary alicyclic amines) is 1. The lowest BCUT2D eigenvalue weighted by Gasteiger charge is -2.39. The molecular weight excluding hydrogens is 208 g/mol. The summed E-state index contributed by atoms with van der Waals surface area (Å²) in [6.45, 7) is 6.32. The van der Waals surface area contributed by atoms with Crippen LogP contribution < -0.4 is 5.32 Å². The molecule has 0 radical (unpaired) electrons. The Balaban J connectivity index is 1.47. The van der Waals surface area contributed by atoms with Gasteiger partial charge >= 0.3 is 0 Å². The molecule has 98 valence electrons. The fourth-order valence-corrected chi connectivity index (χ4v) is 4.21. The predicted octanol–water partition coefficient (Wildman–Crippen LogP) is 2.50. The van der Waals surface area contributed by atoms with E-state index in [1.165, 1.54) is 58.2 Å². The molecule has 1 N–H and O–H groups in total. The predicted molar refractivity (Wildman–Crippen MR) is 72.1 cm³/mol. The molecule has 2 aliphatic carbocycles. The van der Waals surface area contributed by atoms with Crippen molar-refractivity contribution in [3.63, 3.8) is 0 Å². The van der Waals surface area contributed by atoms with E-state index in [1.54, 1.807) is 0 Å². The second kappa shape index (κ2) is 4.55. The fourth-order valence-electron chi connectivity index (χ4n) is 4.21. The van der Waals surface area contributed by atoms with E-state index in [0.29, 0.717) is 5.41 Å². The molecule has 0 amide bonds. The maximum atomic E-state index is 3.92. The van der Waals surface area contributed by atoms with E-state index < -0.39 is 0 Å². The van der Waals surface area contributed by atoms with Crippen LogP contribution in [0.4, 0.5) is 0 Å². The number of hydrogen-bond donors (Lipinski definition) is 1. The number of fused-ring (bicyclic) bond motifs is 2. The maximum absolute atomic E-state index is 3.92. The average molecular weight is 236 g/mol. The number of hydrogen-bond acceptors (Lipinski definition) is 2. The van der Waals surface area contributed by atoms with Crippen LogP contribution in [0.3, 0.4) is 0 Å². The third-order valence-electron chi connectivity index (χ3n) is 5.72. The molecule has 3 atom stereocenters. The Morgan fingerprint density at radius 1 is 1.18 bits per heavy atom. The van der Waals surface area contributed by atoms with Crippen molar-refractivity contribution in [3.05, 3.63) is 0 Å². The first kappa shape index (κ1) is 12.0. The van der Waals surface area contributed by atoms with Crippen molar-refractivity contribution in [2.24, 2.45) is 17.3 Å². The number of nitrogens with one attached hydrogen (secondary N) is 1. The topological polar surface area (TPSA) is 15.3 Å². The van der Waals surface area contributed by atoms with E-state index >= 15 is 0 Å². The smallest absolute Gasteiger partial charge is 0.00982 e. The summed E-state index contributed by atoms with van der Waals surface area (Å²) >= 11 is 0. The van der Waals surface area contributed by atoms with Crippen molar-refractivity contribution in [3.8, 4) is 0 Å². The minimum absolute atomic E-state index is 0.564. The maximum Gasteiger partial charge on any atom is 0.00982 e. The zero-order chi connectivity index (χ0) is 11.9. The van der Waals surface area contributed by atoms with Gasteiger partial charge in [-0.25, -0.2) is 0 Å². The van der Waals surface area contributed by atoms with Gasteiger partial charge in [0.15, 0.2) is 0 Å². The van der Waals surface area contributed by atoms with Gasteiger partial charge in [0.25, 0.3) is 0 Å². The SMILES string of the molecule is CN1CCC(C)(CNC2CC3CCC2C3)CC1. The molecule has 2 heteroatoms. The van der Waals surface area contributed by atoms with Gasteiger partial charge in [0, 0.05) is 12.6 Å². The van der Waals surface area contributed by atoms with E-state index in [1.807, 2.05) is 0 Å². The average Bonchev–Trinajstić information content (AvgIpc) is 2.93. The van der Waals surface area contributed by atoms with Gasteiger partial charge in [0.2, 0.25) is 0 Å². The lowest BCUT2D eigenvalue weighted by molar-refractivity contribution is 0.129. The zero-order valence-corrected chi connectivity index (χ0v) is 11.5. The van der Waals surface area contributed by atoms with Gasteiger partial charge in [0.1, 0.15) is 0 Å². The molecule has 2 bridgehead atoms. The van der Waals surface area contributed by atoms with Gasteiger partial charge in [-0.05, 0) is 69.5 Å². The molecule has 1 heterocycles. The van der Waals surface area contributed by atoms with Crippen LogP contribution in [-0.4, -0.2) is 37.6 Å². The Hall–Kier alpha value is -0.0800. The van der Waals surface area contributed by atoms with Crippen LogP contribution in [-0.2, 0) is 0 Å². The van der Waals surface area contributed by atoms with Crippen LogP contribution in [0.15, 0.2) is 0 Å². The molecule has 3 rings (SSSR count). The Kier molecular flexibility index (Phi) is 3.20. The van der Waals surface area contributed by atoms with Gasteiger partial charge in [-0.15, -0.1) is 0 Å². The minimum atomic E-state index is 0.564. The molecule has 1 aliphatic heterocycles. The second-order valence-electron chi connectivity index (χ2n) is 7.28. The molecule has 2 nitrogen and oxygen atoms in total. The number of rotatable bonds is 3. The molecule has 0 aromatic rings. The van der Waals surface area contributed by atoms with E-state index in [4.69, 9.17) is 0 Å². The van der Waals surface area contributed by atoms with E-state index in [0.717, 1.165) is 17.9 Å². The number of nitrogens with zero attached hydrogens (tertiary/aromatic N) is 1. The molecule has 17 heavy (non-hydrogen) atoms. The summed E-state index contributed by atoms with van der Waals surface area (Å²) in [5.41, 5.74) is 0.564. The quantitative estimate of drug-likeness (QED) is 0.810. The first-order valence-corrected chi connectivity index (χ1v) is 7.57. The van der Waals surface area contributed by atoms with Gasteiger partial charge in [0.05, 0.1) is 0 Å². The van der Waals surface area contributed by atoms with Crippen molar-refractivity contribution in [1.29, 1.82) is 0 Å². The van der Waals surface area contributed by atoms with Crippen molar-refractivity contribution in [1.82, 2.24) is 10.2 Å². The molecule has 3 aliphatic rings. The molecule has 3 fully saturated rings. The highest BCUT2D eigenvalue weighted by Crippen LogP contribution is 2.44. The summed E-state index contributed by atoms with van der Waals surface area (Å²) < 4.78 is 0. The third kappa shape index (κ3) is 2.53. The third-order valence-corrected chi connectivity index (χ3v) is 5.72. The fraction of sp³-hybridized carbons (Fsp3) is 1.00. The van der Waals surface area contributed by atoms with E-state index in [2.05, 4.69) is 24.2 Å². The monoisotopic (exact) mass is 236 g/mol. The van der Waals surface area contributed by atoms with Crippen molar-refractivity contribution in [2.75, 3.05) is 26.7 Å². The first-order chi connectivity index (χ1) is 8.15. The Bertz CT molecular complexity index is 268. The Labute approximate surface area is 106 Å². The molecular formula is C15H28N2. The van der Waals surface area contributed by atoms with Crippen LogP contribution in [0, 0.1) is 17.3 Å². The zero-order valence-electron chi connectivity index (χ0n) is 11.5. The molecule has 0 spiro atoms. The van der Waals surface area contributed by atoms with Crippen molar-refractivity contribution >= 4 is 0 Å². The summed E-state index contributed by atoms with van der Waals surface area (Å²) in [4.78, 5) is 2.47. The number of piperidine rings is 1. The van der Waals surface area contributed by atoms with Gasteiger partial charge < -0.3 is 10.2 Å². The Morgan fingerprint density at radius 3 is 2.53 bits per heavy atom. The van der Waals surface area contributed by atoms with Crippen LogP contribution >= 0.6 is 0 Å². The molecule has 3 unspecified atom stereocenters. The van der Waals surface area contributed by atoms with Crippen molar-refractivity contribution in [2.45, 2.75) is 51.5 Å². The Morgan fingerprint density at radius 2 is 1.94 bits per heavy atom. The minimum Gasteiger partial charge on any atom is -0.313 e. The van der Waals surface area contributed by atoms with Gasteiger partial charge in [-0.2, -0.15) is 0 Å². The van der Waals surface area contributed by atoms with Crippen molar-refractivity contribution < 1.29 is 0 Å². The lowest BCUT2D eigenvalue weighted by Crippen LogP contribution is -2.45. The van der Waals surface area contributed by atoms with E-state index in [-0.39, 0.29) is 0 Å². The van der Waals surface area contributed by atoms with Crippen LogP contribution in [0.2, 0.25) is 0 Å². The van der Waals surface area contributed by atoms with Crippen LogP contribution in [0.1, 0.15) is 45.4 Å². The molecule has 0 aromatic heterocycles. The summed E-state index contributed by atoms with van der Waals surface area (Å²) in [6, 6.07) is 0.866. The summed E-state index contributed by atoms with van der Waals surface area (Å²) in [5.74, 6) is 2.10. The van der Waals surface area contributed by atoms with E-state index in [9.17, 15) is 0 Å². The first-order valence-electron chi connectivity index (χ1n) is 7.57. The normalized spacial score (nSPS) is 40.9. The highest BCUT2D eigenvalue weighted by atomic mass is 15.1.